The number of ether oxygens (including phenoxy) is 2. The third-order valence-electron chi connectivity index (χ3n) is 4.48. The molecule has 170 valence electrons. The Morgan fingerprint density at radius 3 is 2.52 bits per heavy atom. The molecular weight excluding hydrogens is 463 g/mol. The fraction of sp³-hybridized carbons (Fsp3) is 0.160. The number of hydrogen-bond donors (Lipinski definition) is 1. The maximum atomic E-state index is 12.4. The molecule has 0 aliphatic carbocycles. The number of hydrazone groups is 1. The molecule has 0 aromatic heterocycles. The van der Waals surface area contributed by atoms with Gasteiger partial charge in [-0.3, -0.25) is 4.79 Å². The second-order valence-electron chi connectivity index (χ2n) is 7.01. The van der Waals surface area contributed by atoms with Gasteiger partial charge in [-0.2, -0.15) is 5.10 Å². The van der Waals surface area contributed by atoms with E-state index < -0.39 is 5.97 Å². The van der Waals surface area contributed by atoms with Crippen molar-refractivity contribution in [2.75, 3.05) is 6.61 Å². The van der Waals surface area contributed by atoms with Crippen LogP contribution in [0.25, 0.3) is 0 Å². The fourth-order valence-corrected chi connectivity index (χ4v) is 3.23. The lowest BCUT2D eigenvalue weighted by Crippen LogP contribution is -2.17. The monoisotopic (exact) mass is 484 g/mol. The van der Waals surface area contributed by atoms with E-state index in [2.05, 4.69) is 17.5 Å². The molecule has 6 nitrogen and oxygen atoms in total. The number of unbranched alkanes of at least 4 members (excludes halogenated alkanes) is 1. The number of nitrogens with one attached hydrogen (secondary N) is 1. The number of rotatable bonds is 9. The summed E-state index contributed by atoms with van der Waals surface area (Å²) < 4.78 is 11.0. The lowest BCUT2D eigenvalue weighted by molar-refractivity contribution is 0.0734. The standard InChI is InChI=1S/C25H22Cl2N2O4/c1-2-3-13-32-20-10-7-18(8-11-20)24(30)29-28-16-17-5-4-6-21(14-17)33-25(31)22-12-9-19(26)15-23(22)27/h4-12,14-16H,2-3,13H2,1H3,(H,29,30)/b28-16+. The first kappa shape index (κ1) is 24.3. The summed E-state index contributed by atoms with van der Waals surface area (Å²) in [5.41, 5.74) is 3.76. The average molecular weight is 485 g/mol. The van der Waals surface area contributed by atoms with Gasteiger partial charge in [-0.25, -0.2) is 10.2 Å². The van der Waals surface area contributed by atoms with Gasteiger partial charge in [0.15, 0.2) is 0 Å². The minimum atomic E-state index is -0.610. The van der Waals surface area contributed by atoms with Crippen molar-refractivity contribution in [3.8, 4) is 11.5 Å². The van der Waals surface area contributed by atoms with Crippen LogP contribution < -0.4 is 14.9 Å². The first-order valence-corrected chi connectivity index (χ1v) is 11.1. The zero-order valence-corrected chi connectivity index (χ0v) is 19.4. The van der Waals surface area contributed by atoms with Gasteiger partial charge in [0.2, 0.25) is 0 Å². The third-order valence-corrected chi connectivity index (χ3v) is 5.03. The van der Waals surface area contributed by atoms with Crippen LogP contribution >= 0.6 is 23.2 Å². The molecule has 0 heterocycles. The number of benzene rings is 3. The summed E-state index contributed by atoms with van der Waals surface area (Å²) in [6.45, 7) is 2.74. The topological polar surface area (TPSA) is 77.0 Å². The van der Waals surface area contributed by atoms with Crippen molar-refractivity contribution in [3.63, 3.8) is 0 Å². The van der Waals surface area contributed by atoms with Gasteiger partial charge in [-0.15, -0.1) is 0 Å². The normalized spacial score (nSPS) is 10.8. The number of nitrogens with zero attached hydrogens (tertiary/aromatic N) is 1. The highest BCUT2D eigenvalue weighted by Crippen LogP contribution is 2.23. The lowest BCUT2D eigenvalue weighted by atomic mass is 10.2. The van der Waals surface area contributed by atoms with Crippen LogP contribution in [0.5, 0.6) is 11.5 Å². The van der Waals surface area contributed by atoms with Gasteiger partial charge in [0.05, 0.1) is 23.4 Å². The molecular formula is C25H22Cl2N2O4. The van der Waals surface area contributed by atoms with Crippen LogP contribution in [0.15, 0.2) is 71.8 Å². The number of halogens is 2. The number of hydrogen-bond acceptors (Lipinski definition) is 5. The highest BCUT2D eigenvalue weighted by molar-refractivity contribution is 6.36. The van der Waals surface area contributed by atoms with Gasteiger partial charge >= 0.3 is 5.97 Å². The average Bonchev–Trinajstić information content (AvgIpc) is 2.80. The highest BCUT2D eigenvalue weighted by atomic mass is 35.5. The molecule has 0 bridgehead atoms. The van der Waals surface area contributed by atoms with Crippen LogP contribution in [0.4, 0.5) is 0 Å². The fourth-order valence-electron chi connectivity index (χ4n) is 2.74. The molecule has 3 rings (SSSR count). The van der Waals surface area contributed by atoms with Crippen LogP contribution in [-0.2, 0) is 0 Å². The minimum Gasteiger partial charge on any atom is -0.494 e. The van der Waals surface area contributed by atoms with E-state index in [4.69, 9.17) is 32.7 Å². The van der Waals surface area contributed by atoms with E-state index in [1.807, 2.05) is 0 Å². The van der Waals surface area contributed by atoms with E-state index in [0.717, 1.165) is 18.6 Å². The molecule has 0 atom stereocenters. The summed E-state index contributed by atoms with van der Waals surface area (Å²) in [5.74, 6) is 0.0576. The largest absolute Gasteiger partial charge is 0.494 e. The summed E-state index contributed by atoms with van der Waals surface area (Å²) in [5, 5.41) is 4.60. The van der Waals surface area contributed by atoms with Crippen molar-refractivity contribution in [1.29, 1.82) is 0 Å². The molecule has 0 aliphatic rings. The predicted molar refractivity (Wildman–Crippen MR) is 130 cm³/mol. The van der Waals surface area contributed by atoms with Crippen molar-refractivity contribution in [1.82, 2.24) is 5.43 Å². The molecule has 0 radical (unpaired) electrons. The molecule has 0 saturated heterocycles. The number of esters is 1. The molecule has 3 aromatic rings. The predicted octanol–water partition coefficient (Wildman–Crippen LogP) is 6.16. The molecule has 0 unspecified atom stereocenters. The Bertz CT molecular complexity index is 1150. The van der Waals surface area contributed by atoms with E-state index in [9.17, 15) is 9.59 Å². The van der Waals surface area contributed by atoms with Gasteiger partial charge in [0.25, 0.3) is 5.91 Å². The molecule has 33 heavy (non-hydrogen) atoms. The quantitative estimate of drug-likeness (QED) is 0.130. The van der Waals surface area contributed by atoms with Crippen LogP contribution in [0, 0.1) is 0 Å². The highest BCUT2D eigenvalue weighted by Gasteiger charge is 2.13. The second-order valence-corrected chi connectivity index (χ2v) is 7.86. The van der Waals surface area contributed by atoms with Crippen molar-refractivity contribution in [3.05, 3.63) is 93.5 Å². The van der Waals surface area contributed by atoms with Crippen molar-refractivity contribution >= 4 is 41.3 Å². The van der Waals surface area contributed by atoms with Crippen molar-refractivity contribution < 1.29 is 19.1 Å². The van der Waals surface area contributed by atoms with Gasteiger partial charge in [-0.05, 0) is 66.6 Å². The van der Waals surface area contributed by atoms with E-state index in [0.29, 0.717) is 28.5 Å². The molecule has 0 saturated carbocycles. The third kappa shape index (κ3) is 7.34. The smallest absolute Gasteiger partial charge is 0.345 e. The number of carbonyl (C=O) groups excluding carboxylic acids is 2. The second kappa shape index (κ2) is 12.0. The molecule has 0 fully saturated rings. The molecule has 0 spiro atoms. The zero-order chi connectivity index (χ0) is 23.6. The van der Waals surface area contributed by atoms with E-state index in [1.165, 1.54) is 18.3 Å². The molecule has 1 amide bonds. The summed E-state index contributed by atoms with van der Waals surface area (Å²) in [4.78, 5) is 24.6. The van der Waals surface area contributed by atoms with Gasteiger partial charge in [0, 0.05) is 10.6 Å². The van der Waals surface area contributed by atoms with Crippen LogP contribution in [-0.4, -0.2) is 24.7 Å². The molecule has 0 aliphatic heterocycles. The van der Waals surface area contributed by atoms with Crippen LogP contribution in [0.3, 0.4) is 0 Å². The van der Waals surface area contributed by atoms with Gasteiger partial charge < -0.3 is 9.47 Å². The summed E-state index contributed by atoms with van der Waals surface area (Å²) in [7, 11) is 0. The van der Waals surface area contributed by atoms with E-state index in [-0.39, 0.29) is 16.5 Å². The Balaban J connectivity index is 1.56. The lowest BCUT2D eigenvalue weighted by Gasteiger charge is -2.07. The Kier molecular flexibility index (Phi) is 8.87. The minimum absolute atomic E-state index is 0.202. The zero-order valence-electron chi connectivity index (χ0n) is 17.9. The van der Waals surface area contributed by atoms with Crippen molar-refractivity contribution in [2.24, 2.45) is 5.10 Å². The Labute approximate surface area is 202 Å². The Hall–Kier alpha value is -3.35. The maximum absolute atomic E-state index is 12.4. The molecule has 1 N–H and O–H groups in total. The first-order chi connectivity index (χ1) is 16.0. The SMILES string of the molecule is CCCCOc1ccc(C(=O)N/N=C/c2cccc(OC(=O)c3ccc(Cl)cc3Cl)c2)cc1. The number of amides is 1. The van der Waals surface area contributed by atoms with Crippen LogP contribution in [0.2, 0.25) is 10.0 Å². The number of carbonyl (C=O) groups is 2. The maximum Gasteiger partial charge on any atom is 0.345 e. The van der Waals surface area contributed by atoms with E-state index in [1.54, 1.807) is 54.6 Å². The molecule has 3 aromatic carbocycles. The summed E-state index contributed by atoms with van der Waals surface area (Å²) >= 11 is 11.9. The summed E-state index contributed by atoms with van der Waals surface area (Å²) in [6, 6.07) is 18.1. The van der Waals surface area contributed by atoms with Gasteiger partial charge in [-0.1, -0.05) is 48.7 Å². The Morgan fingerprint density at radius 2 is 1.79 bits per heavy atom. The van der Waals surface area contributed by atoms with Gasteiger partial charge in [0.1, 0.15) is 11.5 Å². The Morgan fingerprint density at radius 1 is 1.00 bits per heavy atom. The van der Waals surface area contributed by atoms with E-state index >= 15 is 0 Å². The van der Waals surface area contributed by atoms with Crippen molar-refractivity contribution in [2.45, 2.75) is 19.8 Å². The molecule has 8 heteroatoms. The first-order valence-electron chi connectivity index (χ1n) is 10.3. The summed E-state index contributed by atoms with van der Waals surface area (Å²) in [6.07, 6.45) is 3.49. The van der Waals surface area contributed by atoms with Crippen LogP contribution in [0.1, 0.15) is 46.0 Å².